The first-order valence-corrected chi connectivity index (χ1v) is 9.17. The van der Waals surface area contributed by atoms with Crippen LogP contribution >= 0.6 is 0 Å². The lowest BCUT2D eigenvalue weighted by Crippen LogP contribution is -2.31. The zero-order valence-corrected chi connectivity index (χ0v) is 16.2. The minimum atomic E-state index is -0.129. The fourth-order valence-electron chi connectivity index (χ4n) is 3.28. The average molecular weight is 395 g/mol. The highest BCUT2D eigenvalue weighted by atomic mass is 16.5. The Morgan fingerprint density at radius 2 is 2.10 bits per heavy atom. The van der Waals surface area contributed by atoms with E-state index in [1.807, 2.05) is 12.1 Å². The van der Waals surface area contributed by atoms with Gasteiger partial charge in [-0.05, 0) is 24.3 Å². The molecule has 0 spiro atoms. The third-order valence-corrected chi connectivity index (χ3v) is 4.75. The smallest absolute Gasteiger partial charge is 0.272 e. The van der Waals surface area contributed by atoms with Gasteiger partial charge in [0.05, 0.1) is 32.7 Å². The van der Waals surface area contributed by atoms with Gasteiger partial charge in [0.1, 0.15) is 23.3 Å². The van der Waals surface area contributed by atoms with Crippen molar-refractivity contribution in [3.05, 3.63) is 48.5 Å². The predicted molar refractivity (Wildman–Crippen MR) is 104 cm³/mol. The Morgan fingerprint density at radius 3 is 2.86 bits per heavy atom. The minimum Gasteiger partial charge on any atom is -0.497 e. The van der Waals surface area contributed by atoms with E-state index in [1.54, 1.807) is 49.8 Å². The molecule has 1 fully saturated rings. The number of aromatic nitrogens is 4. The maximum absolute atomic E-state index is 12.9. The molecule has 1 amide bonds. The number of nitrogens with zero attached hydrogens (tertiary/aromatic N) is 4. The lowest BCUT2D eigenvalue weighted by Gasteiger charge is -2.15. The molecule has 1 aliphatic heterocycles. The highest BCUT2D eigenvalue weighted by Crippen LogP contribution is 2.32. The molecule has 1 aliphatic rings. The molecule has 4 rings (SSSR count). The number of benzene rings is 1. The number of ether oxygens (including phenoxy) is 3. The molecule has 29 heavy (non-hydrogen) atoms. The van der Waals surface area contributed by atoms with Crippen molar-refractivity contribution in [2.24, 2.45) is 0 Å². The molecule has 2 aromatic heterocycles. The van der Waals surface area contributed by atoms with Crippen LogP contribution in [0.1, 0.15) is 16.9 Å². The van der Waals surface area contributed by atoms with Crippen LogP contribution in [-0.4, -0.2) is 64.4 Å². The van der Waals surface area contributed by atoms with Crippen LogP contribution in [0.3, 0.4) is 0 Å². The topological polar surface area (TPSA) is 102 Å². The summed E-state index contributed by atoms with van der Waals surface area (Å²) >= 11 is 0. The number of rotatable bonds is 6. The van der Waals surface area contributed by atoms with Crippen molar-refractivity contribution >= 4 is 5.91 Å². The van der Waals surface area contributed by atoms with Gasteiger partial charge < -0.3 is 19.1 Å². The lowest BCUT2D eigenvalue weighted by atomic mass is 10.1. The molecule has 1 saturated heterocycles. The molecule has 0 radical (unpaired) electrons. The summed E-state index contributed by atoms with van der Waals surface area (Å²) < 4.78 is 16.5. The van der Waals surface area contributed by atoms with Crippen LogP contribution in [0, 0.1) is 0 Å². The maximum Gasteiger partial charge on any atom is 0.272 e. The van der Waals surface area contributed by atoms with Crippen LogP contribution in [0.5, 0.6) is 17.4 Å². The van der Waals surface area contributed by atoms with E-state index in [1.165, 1.54) is 0 Å². The molecule has 1 N–H and O–H groups in total. The molecule has 9 heteroatoms. The molecule has 1 atom stereocenters. The first-order valence-electron chi connectivity index (χ1n) is 9.17. The van der Waals surface area contributed by atoms with Gasteiger partial charge in [-0.2, -0.15) is 5.10 Å². The summed E-state index contributed by atoms with van der Waals surface area (Å²) in [6.45, 7) is 1.08. The SMILES string of the molecule is COc1ccc(OC)c(-c2cc(C(=O)N3CCC(Oc4cnccn4)C3)[nH]n2)c1. The molecular formula is C20H21N5O4. The Bertz CT molecular complexity index is 992. The quantitative estimate of drug-likeness (QED) is 0.682. The van der Waals surface area contributed by atoms with Gasteiger partial charge in [-0.25, -0.2) is 4.98 Å². The van der Waals surface area contributed by atoms with Crippen molar-refractivity contribution in [2.75, 3.05) is 27.3 Å². The number of hydrogen-bond acceptors (Lipinski definition) is 7. The normalized spacial score (nSPS) is 15.9. The molecule has 0 aliphatic carbocycles. The van der Waals surface area contributed by atoms with Crippen molar-refractivity contribution < 1.29 is 19.0 Å². The van der Waals surface area contributed by atoms with E-state index in [0.717, 1.165) is 12.0 Å². The Morgan fingerprint density at radius 1 is 1.21 bits per heavy atom. The standard InChI is InChI=1S/C20H21N5O4/c1-27-13-3-4-18(28-2)15(9-13)16-10-17(24-23-16)20(26)25-8-5-14(12-25)29-19-11-21-6-7-22-19/h3-4,6-7,9-11,14H,5,8,12H2,1-2H3,(H,23,24). The fourth-order valence-corrected chi connectivity index (χ4v) is 3.28. The second-order valence-electron chi connectivity index (χ2n) is 6.56. The van der Waals surface area contributed by atoms with Crippen LogP contribution < -0.4 is 14.2 Å². The van der Waals surface area contributed by atoms with Crippen molar-refractivity contribution in [3.63, 3.8) is 0 Å². The molecule has 1 aromatic carbocycles. The number of aromatic amines is 1. The summed E-state index contributed by atoms with van der Waals surface area (Å²) in [5.41, 5.74) is 1.76. The van der Waals surface area contributed by atoms with E-state index in [4.69, 9.17) is 14.2 Å². The van der Waals surface area contributed by atoms with Crippen LogP contribution in [0.15, 0.2) is 42.9 Å². The molecule has 150 valence electrons. The number of methoxy groups -OCH3 is 2. The van der Waals surface area contributed by atoms with Gasteiger partial charge in [0.25, 0.3) is 5.91 Å². The number of carbonyl (C=O) groups excluding carboxylic acids is 1. The second kappa shape index (κ2) is 8.17. The van der Waals surface area contributed by atoms with Crippen LogP contribution in [0.25, 0.3) is 11.3 Å². The minimum absolute atomic E-state index is 0.114. The maximum atomic E-state index is 12.9. The van der Waals surface area contributed by atoms with Crippen LogP contribution in [0.4, 0.5) is 0 Å². The third-order valence-electron chi connectivity index (χ3n) is 4.75. The number of H-pyrrole nitrogens is 1. The molecule has 9 nitrogen and oxygen atoms in total. The van der Waals surface area contributed by atoms with Crippen molar-refractivity contribution in [2.45, 2.75) is 12.5 Å². The summed E-state index contributed by atoms with van der Waals surface area (Å²) in [5.74, 6) is 1.66. The van der Waals surface area contributed by atoms with E-state index < -0.39 is 0 Å². The summed E-state index contributed by atoms with van der Waals surface area (Å²) in [5, 5.41) is 7.13. The van der Waals surface area contributed by atoms with Gasteiger partial charge >= 0.3 is 0 Å². The third kappa shape index (κ3) is 3.98. The molecular weight excluding hydrogens is 374 g/mol. The Hall–Kier alpha value is -3.62. The molecule has 0 bridgehead atoms. The first kappa shape index (κ1) is 18.7. The van der Waals surface area contributed by atoms with E-state index in [9.17, 15) is 4.79 Å². The van der Waals surface area contributed by atoms with Crippen molar-refractivity contribution in [3.8, 4) is 28.6 Å². The monoisotopic (exact) mass is 395 g/mol. The van der Waals surface area contributed by atoms with Crippen LogP contribution in [-0.2, 0) is 0 Å². The van der Waals surface area contributed by atoms with Gasteiger partial charge in [0.15, 0.2) is 0 Å². The lowest BCUT2D eigenvalue weighted by molar-refractivity contribution is 0.0765. The van der Waals surface area contributed by atoms with E-state index in [2.05, 4.69) is 20.2 Å². The van der Waals surface area contributed by atoms with Gasteiger partial charge in [0, 0.05) is 30.9 Å². The largest absolute Gasteiger partial charge is 0.497 e. The number of hydrogen-bond donors (Lipinski definition) is 1. The van der Waals surface area contributed by atoms with E-state index in [-0.39, 0.29) is 12.0 Å². The zero-order valence-electron chi connectivity index (χ0n) is 16.2. The first-order chi connectivity index (χ1) is 14.2. The number of likely N-dealkylation sites (tertiary alicyclic amines) is 1. The molecule has 3 heterocycles. The van der Waals surface area contributed by atoms with Gasteiger partial charge in [-0.3, -0.25) is 14.9 Å². The van der Waals surface area contributed by atoms with Gasteiger partial charge in [-0.1, -0.05) is 0 Å². The Balaban J connectivity index is 1.47. The molecule has 3 aromatic rings. The molecule has 0 saturated carbocycles. The van der Waals surface area contributed by atoms with E-state index in [0.29, 0.717) is 41.9 Å². The Kier molecular flexibility index (Phi) is 5.28. The predicted octanol–water partition coefficient (Wildman–Crippen LogP) is 2.18. The summed E-state index contributed by atoms with van der Waals surface area (Å²) in [7, 11) is 3.18. The second-order valence-corrected chi connectivity index (χ2v) is 6.56. The summed E-state index contributed by atoms with van der Waals surface area (Å²) in [4.78, 5) is 22.7. The highest BCUT2D eigenvalue weighted by Gasteiger charge is 2.29. The van der Waals surface area contributed by atoms with Crippen LogP contribution in [0.2, 0.25) is 0 Å². The van der Waals surface area contributed by atoms with Gasteiger partial charge in [0.2, 0.25) is 5.88 Å². The zero-order chi connectivity index (χ0) is 20.2. The van der Waals surface area contributed by atoms with Crippen molar-refractivity contribution in [1.82, 2.24) is 25.1 Å². The fraction of sp³-hybridized carbons (Fsp3) is 0.300. The Labute approximate surface area is 167 Å². The average Bonchev–Trinajstić information content (AvgIpc) is 3.43. The number of carbonyl (C=O) groups is 1. The molecule has 1 unspecified atom stereocenters. The number of nitrogens with one attached hydrogen (secondary N) is 1. The van der Waals surface area contributed by atoms with E-state index >= 15 is 0 Å². The summed E-state index contributed by atoms with van der Waals surface area (Å²) in [6.07, 6.45) is 5.34. The van der Waals surface area contributed by atoms with Gasteiger partial charge in [-0.15, -0.1) is 0 Å². The summed E-state index contributed by atoms with van der Waals surface area (Å²) in [6, 6.07) is 7.15. The highest BCUT2D eigenvalue weighted by molar-refractivity contribution is 5.93. The number of amides is 1. The van der Waals surface area contributed by atoms with Crippen molar-refractivity contribution in [1.29, 1.82) is 0 Å².